The van der Waals surface area contributed by atoms with Crippen LogP contribution in [0.1, 0.15) is 39.2 Å². The van der Waals surface area contributed by atoms with Gasteiger partial charge in [-0.1, -0.05) is 25.5 Å². The molecule has 1 aromatic rings. The zero-order chi connectivity index (χ0) is 18.6. The Morgan fingerprint density at radius 2 is 1.92 bits per heavy atom. The van der Waals surface area contributed by atoms with Crippen molar-refractivity contribution in [1.82, 2.24) is 5.32 Å². The van der Waals surface area contributed by atoms with Crippen molar-refractivity contribution in [3.8, 4) is 0 Å². The monoisotopic (exact) mass is 351 g/mol. The summed E-state index contributed by atoms with van der Waals surface area (Å²) in [6, 6.07) is 3.25. The summed E-state index contributed by atoms with van der Waals surface area (Å²) in [6.45, 7) is 6.51. The highest BCUT2D eigenvalue weighted by Gasteiger charge is 2.32. The number of benzene rings is 1. The molecular formula is C20H27F2NO2. The first-order chi connectivity index (χ1) is 11.8. The molecule has 0 saturated heterocycles. The van der Waals surface area contributed by atoms with E-state index in [1.54, 1.807) is 0 Å². The number of carbonyl (C=O) groups excluding carboxylic acids is 1. The Balaban J connectivity index is 1.95. The van der Waals surface area contributed by atoms with Gasteiger partial charge in [-0.25, -0.2) is 8.78 Å². The molecule has 3 nitrogen and oxygen atoms in total. The largest absolute Gasteiger partial charge is 0.396 e. The molecule has 0 bridgehead atoms. The molecule has 1 amide bonds. The van der Waals surface area contributed by atoms with Gasteiger partial charge in [-0.15, -0.1) is 0 Å². The average molecular weight is 351 g/mol. The van der Waals surface area contributed by atoms with Crippen LogP contribution in [0, 0.1) is 35.3 Å². The summed E-state index contributed by atoms with van der Waals surface area (Å²) in [7, 11) is 0. The molecule has 0 fully saturated rings. The Bertz CT molecular complexity index is 622. The van der Waals surface area contributed by atoms with Gasteiger partial charge in [0.1, 0.15) is 11.6 Å². The maximum absolute atomic E-state index is 13.2. The maximum Gasteiger partial charge on any atom is 0.220 e. The van der Waals surface area contributed by atoms with Crippen molar-refractivity contribution < 1.29 is 18.7 Å². The molecule has 0 heterocycles. The lowest BCUT2D eigenvalue weighted by atomic mass is 9.70. The second kappa shape index (κ2) is 8.56. The number of allylic oxidation sites excluding steroid dienone is 1. The zero-order valence-electron chi connectivity index (χ0n) is 15.1. The van der Waals surface area contributed by atoms with Crippen LogP contribution in [-0.2, 0) is 11.3 Å². The Labute approximate surface area is 148 Å². The zero-order valence-corrected chi connectivity index (χ0v) is 15.1. The molecule has 138 valence electrons. The Morgan fingerprint density at radius 3 is 2.48 bits per heavy atom. The quantitative estimate of drug-likeness (QED) is 0.766. The molecule has 0 unspecified atom stereocenters. The molecule has 0 aliphatic heterocycles. The third-order valence-corrected chi connectivity index (χ3v) is 5.14. The third kappa shape index (κ3) is 5.36. The fourth-order valence-corrected chi connectivity index (χ4v) is 3.70. The number of hydrogen-bond donors (Lipinski definition) is 2. The highest BCUT2D eigenvalue weighted by molar-refractivity contribution is 5.76. The second-order valence-electron chi connectivity index (χ2n) is 7.36. The number of hydrogen-bond acceptors (Lipinski definition) is 2. The van der Waals surface area contributed by atoms with Gasteiger partial charge in [0.15, 0.2) is 0 Å². The van der Waals surface area contributed by atoms with Crippen LogP contribution in [0.15, 0.2) is 29.8 Å². The van der Waals surface area contributed by atoms with Crippen molar-refractivity contribution in [2.24, 2.45) is 23.7 Å². The molecule has 2 rings (SSSR count). The number of rotatable bonds is 6. The first kappa shape index (κ1) is 19.6. The minimum Gasteiger partial charge on any atom is -0.396 e. The van der Waals surface area contributed by atoms with E-state index in [0.29, 0.717) is 23.8 Å². The predicted octanol–water partition coefficient (Wildman–Crippen LogP) is 3.82. The van der Waals surface area contributed by atoms with Crippen LogP contribution in [0.3, 0.4) is 0 Å². The lowest BCUT2D eigenvalue weighted by molar-refractivity contribution is -0.122. The first-order valence-corrected chi connectivity index (χ1v) is 8.81. The second-order valence-corrected chi connectivity index (χ2v) is 7.36. The minimum absolute atomic E-state index is 0.107. The standard InChI is InChI=1S/C20H27F2NO2/c1-12(2)19-7-15(13(3)4-16(19)11-24)8-20(25)23-10-14-5-17(21)9-18(22)6-14/h4-6,9,12,15-16,19,24H,7-8,10-11H2,1-3H3,(H,23,25)/t15-,16-,19-/m0/s1. The lowest BCUT2D eigenvalue weighted by Crippen LogP contribution is -2.32. The van der Waals surface area contributed by atoms with E-state index in [1.807, 2.05) is 6.92 Å². The van der Waals surface area contributed by atoms with Gasteiger partial charge in [-0.05, 0) is 48.8 Å². The maximum atomic E-state index is 13.2. The van der Waals surface area contributed by atoms with Crippen molar-refractivity contribution in [3.63, 3.8) is 0 Å². The molecule has 2 N–H and O–H groups in total. The molecular weight excluding hydrogens is 324 g/mol. The molecule has 0 aromatic heterocycles. The van der Waals surface area contributed by atoms with Crippen LogP contribution in [-0.4, -0.2) is 17.6 Å². The van der Waals surface area contributed by atoms with Crippen molar-refractivity contribution in [1.29, 1.82) is 0 Å². The summed E-state index contributed by atoms with van der Waals surface area (Å²) in [5, 5.41) is 12.3. The topological polar surface area (TPSA) is 49.3 Å². The summed E-state index contributed by atoms with van der Waals surface area (Å²) in [5.41, 5.74) is 1.53. The number of carbonyl (C=O) groups is 1. The fraction of sp³-hybridized carbons (Fsp3) is 0.550. The minimum atomic E-state index is -0.648. The number of aliphatic hydroxyl groups is 1. The number of nitrogens with one attached hydrogen (secondary N) is 1. The summed E-state index contributed by atoms with van der Waals surface area (Å²) in [5.74, 6) is -0.359. The molecule has 0 spiro atoms. The molecule has 1 aliphatic carbocycles. The van der Waals surface area contributed by atoms with Crippen LogP contribution < -0.4 is 5.32 Å². The van der Waals surface area contributed by atoms with Crippen LogP contribution in [0.4, 0.5) is 8.78 Å². The highest BCUT2D eigenvalue weighted by Crippen LogP contribution is 2.38. The SMILES string of the molecule is CC1=C[C@@H](CO)[C@H](C(C)C)C[C@H]1CC(=O)NCc1cc(F)cc(F)c1. The predicted molar refractivity (Wildman–Crippen MR) is 93.6 cm³/mol. The molecule has 3 atom stereocenters. The number of halogens is 2. The molecule has 5 heteroatoms. The number of aliphatic hydroxyl groups excluding tert-OH is 1. The third-order valence-electron chi connectivity index (χ3n) is 5.14. The molecule has 25 heavy (non-hydrogen) atoms. The molecule has 0 radical (unpaired) electrons. The van der Waals surface area contributed by atoms with E-state index in [1.165, 1.54) is 12.1 Å². The van der Waals surface area contributed by atoms with Gasteiger partial charge in [-0.3, -0.25) is 4.79 Å². The lowest BCUT2D eigenvalue weighted by Gasteiger charge is -2.36. The fourth-order valence-electron chi connectivity index (χ4n) is 3.70. The van der Waals surface area contributed by atoms with Crippen LogP contribution >= 0.6 is 0 Å². The van der Waals surface area contributed by atoms with E-state index in [2.05, 4.69) is 25.2 Å². The van der Waals surface area contributed by atoms with E-state index >= 15 is 0 Å². The van der Waals surface area contributed by atoms with Crippen LogP contribution in [0.2, 0.25) is 0 Å². The van der Waals surface area contributed by atoms with E-state index in [0.717, 1.165) is 18.1 Å². The summed E-state index contributed by atoms with van der Waals surface area (Å²) in [6.07, 6.45) is 3.31. The Kier molecular flexibility index (Phi) is 6.71. The van der Waals surface area contributed by atoms with Gasteiger partial charge in [-0.2, -0.15) is 0 Å². The van der Waals surface area contributed by atoms with E-state index in [-0.39, 0.29) is 30.9 Å². The van der Waals surface area contributed by atoms with Crippen molar-refractivity contribution in [3.05, 3.63) is 47.0 Å². The summed E-state index contributed by atoms with van der Waals surface area (Å²) < 4.78 is 26.4. The summed E-state index contributed by atoms with van der Waals surface area (Å²) >= 11 is 0. The van der Waals surface area contributed by atoms with Crippen molar-refractivity contribution >= 4 is 5.91 Å². The van der Waals surface area contributed by atoms with Gasteiger partial charge < -0.3 is 10.4 Å². The van der Waals surface area contributed by atoms with Crippen LogP contribution in [0.5, 0.6) is 0 Å². The van der Waals surface area contributed by atoms with Gasteiger partial charge in [0.05, 0.1) is 0 Å². The number of amides is 1. The van der Waals surface area contributed by atoms with E-state index in [4.69, 9.17) is 0 Å². The molecule has 1 aliphatic rings. The van der Waals surface area contributed by atoms with Crippen LogP contribution in [0.25, 0.3) is 0 Å². The summed E-state index contributed by atoms with van der Waals surface area (Å²) in [4.78, 5) is 12.3. The highest BCUT2D eigenvalue weighted by atomic mass is 19.1. The van der Waals surface area contributed by atoms with Crippen molar-refractivity contribution in [2.45, 2.75) is 40.2 Å². The van der Waals surface area contributed by atoms with E-state index in [9.17, 15) is 18.7 Å². The van der Waals surface area contributed by atoms with Crippen molar-refractivity contribution in [2.75, 3.05) is 6.61 Å². The van der Waals surface area contributed by atoms with Gasteiger partial charge in [0.2, 0.25) is 5.91 Å². The Morgan fingerprint density at radius 1 is 1.28 bits per heavy atom. The molecule has 0 saturated carbocycles. The molecule has 1 aromatic carbocycles. The van der Waals surface area contributed by atoms with Gasteiger partial charge in [0, 0.05) is 31.6 Å². The first-order valence-electron chi connectivity index (χ1n) is 8.81. The normalized spacial score (nSPS) is 23.5. The van der Waals surface area contributed by atoms with Gasteiger partial charge in [0.25, 0.3) is 0 Å². The Hall–Kier alpha value is -1.75. The van der Waals surface area contributed by atoms with Gasteiger partial charge >= 0.3 is 0 Å². The van der Waals surface area contributed by atoms with E-state index < -0.39 is 11.6 Å². The average Bonchev–Trinajstić information content (AvgIpc) is 2.53. The smallest absolute Gasteiger partial charge is 0.220 e.